The summed E-state index contributed by atoms with van der Waals surface area (Å²) in [5.41, 5.74) is 7.88. The van der Waals surface area contributed by atoms with Gasteiger partial charge in [0.05, 0.1) is 13.2 Å². The zero-order valence-electron chi connectivity index (χ0n) is 7.98. The van der Waals surface area contributed by atoms with Crippen LogP contribution in [0.15, 0.2) is 5.11 Å². The van der Waals surface area contributed by atoms with Crippen LogP contribution >= 0.6 is 0 Å². The smallest absolute Gasteiger partial charge is 0.166 e. The Kier molecular flexibility index (Phi) is 7.51. The van der Waals surface area contributed by atoms with Crippen LogP contribution in [0, 0.1) is 0 Å². The number of aliphatic hydroxyl groups is 3. The van der Waals surface area contributed by atoms with E-state index >= 15 is 0 Å². The third kappa shape index (κ3) is 6.00. The van der Waals surface area contributed by atoms with Crippen molar-refractivity contribution < 1.29 is 24.9 Å². The Morgan fingerprint density at radius 3 is 2.73 bits per heavy atom. The first-order valence-electron chi connectivity index (χ1n) is 4.21. The van der Waals surface area contributed by atoms with Crippen LogP contribution in [0.4, 0.5) is 0 Å². The molecule has 0 spiro atoms. The maximum Gasteiger partial charge on any atom is 0.166 e. The molecular weight excluding hydrogens is 206 g/mol. The molecule has 0 aliphatic rings. The van der Waals surface area contributed by atoms with Crippen molar-refractivity contribution in [3.63, 3.8) is 0 Å². The number of ether oxygens (including phenoxy) is 1. The minimum atomic E-state index is -1.61. The van der Waals surface area contributed by atoms with Gasteiger partial charge in [0, 0.05) is 11.3 Å². The number of azide groups is 1. The first kappa shape index (κ1) is 13.8. The van der Waals surface area contributed by atoms with Crippen LogP contribution in [0.1, 0.15) is 6.42 Å². The first-order valence-corrected chi connectivity index (χ1v) is 4.21. The summed E-state index contributed by atoms with van der Waals surface area (Å²) in [6.07, 6.45) is -3.22. The second-order valence-electron chi connectivity index (χ2n) is 2.68. The van der Waals surface area contributed by atoms with Gasteiger partial charge in [-0.05, 0) is 5.53 Å². The number of hydrogen-bond acceptors (Lipinski definition) is 6. The summed E-state index contributed by atoms with van der Waals surface area (Å²) in [7, 11) is 0. The van der Waals surface area contributed by atoms with E-state index in [0.29, 0.717) is 0 Å². The summed E-state index contributed by atoms with van der Waals surface area (Å²) in [6, 6.07) is 0. The van der Waals surface area contributed by atoms with Gasteiger partial charge in [0.25, 0.3) is 0 Å². The predicted octanol–water partition coefficient (Wildman–Crippen LogP) is -1.06. The van der Waals surface area contributed by atoms with Crippen molar-refractivity contribution in [1.29, 1.82) is 0 Å². The molecule has 8 heteroatoms. The summed E-state index contributed by atoms with van der Waals surface area (Å²) in [6.45, 7) is -0.901. The number of rotatable bonds is 8. The monoisotopic (exact) mass is 219 g/mol. The normalized spacial score (nSPS) is 14.1. The van der Waals surface area contributed by atoms with E-state index in [0.717, 1.165) is 0 Å². The fraction of sp³-hybridized carbons (Fsp3) is 0.857. The Bertz CT molecular complexity index is 241. The van der Waals surface area contributed by atoms with Gasteiger partial charge >= 0.3 is 0 Å². The molecule has 3 N–H and O–H groups in total. The van der Waals surface area contributed by atoms with E-state index in [-0.39, 0.29) is 19.8 Å². The molecule has 0 saturated heterocycles. The lowest BCUT2D eigenvalue weighted by atomic mass is 10.1. The zero-order valence-corrected chi connectivity index (χ0v) is 7.98. The lowest BCUT2D eigenvalue weighted by Crippen LogP contribution is -2.36. The molecule has 15 heavy (non-hydrogen) atoms. The molecule has 2 unspecified atom stereocenters. The van der Waals surface area contributed by atoms with Gasteiger partial charge in [-0.15, -0.1) is 0 Å². The summed E-state index contributed by atoms with van der Waals surface area (Å²) >= 11 is 0. The van der Waals surface area contributed by atoms with E-state index in [2.05, 4.69) is 10.0 Å². The highest BCUT2D eigenvalue weighted by molar-refractivity contribution is 5.83. The molecule has 0 fully saturated rings. The Hall–Kier alpha value is -1.18. The molecule has 0 saturated carbocycles. The second-order valence-corrected chi connectivity index (χ2v) is 2.68. The molecule has 0 heterocycles. The average Bonchev–Trinajstić information content (AvgIpc) is 2.26. The Morgan fingerprint density at radius 2 is 2.20 bits per heavy atom. The Balaban J connectivity index is 3.68. The highest BCUT2D eigenvalue weighted by Gasteiger charge is 2.22. The number of hydrogen-bond donors (Lipinski definition) is 3. The molecule has 0 aromatic rings. The lowest BCUT2D eigenvalue weighted by Gasteiger charge is -2.13. The largest absolute Gasteiger partial charge is 0.394 e. The van der Waals surface area contributed by atoms with E-state index < -0.39 is 24.6 Å². The number of Topliss-reactive ketones (excluding diaryl/α,β-unsaturated/α-hetero) is 1. The first-order chi connectivity index (χ1) is 7.13. The van der Waals surface area contributed by atoms with Crippen LogP contribution in [0.25, 0.3) is 10.4 Å². The molecule has 0 rings (SSSR count). The van der Waals surface area contributed by atoms with Crippen LogP contribution in [-0.4, -0.2) is 53.3 Å². The molecule has 0 aromatic heterocycles. The molecule has 0 radical (unpaired) electrons. The summed E-state index contributed by atoms with van der Waals surface area (Å²) in [4.78, 5) is 13.5. The number of carbonyl (C=O) groups is 1. The minimum absolute atomic E-state index is 0.0208. The van der Waals surface area contributed by atoms with Crippen molar-refractivity contribution >= 4 is 5.78 Å². The standard InChI is InChI=1S/C7H13N3O5/c8-10-9-4-15-2-1-5(12)7(14)6(13)3-11/h6-7,11,13-14H,1-4H2. The van der Waals surface area contributed by atoms with E-state index in [1.807, 2.05) is 0 Å². The van der Waals surface area contributed by atoms with Crippen LogP contribution in [0.3, 0.4) is 0 Å². The molecule has 0 amide bonds. The second kappa shape index (κ2) is 8.16. The fourth-order valence-corrected chi connectivity index (χ4v) is 0.766. The van der Waals surface area contributed by atoms with E-state index in [1.165, 1.54) is 0 Å². The number of aliphatic hydroxyl groups excluding tert-OH is 3. The summed E-state index contributed by atoms with van der Waals surface area (Å²) < 4.78 is 4.71. The topological polar surface area (TPSA) is 136 Å². The highest BCUT2D eigenvalue weighted by Crippen LogP contribution is 1.98. The van der Waals surface area contributed by atoms with Gasteiger partial charge in [-0.1, -0.05) is 5.11 Å². The Morgan fingerprint density at radius 1 is 1.53 bits per heavy atom. The van der Waals surface area contributed by atoms with Crippen LogP contribution in [-0.2, 0) is 9.53 Å². The maximum atomic E-state index is 11.1. The van der Waals surface area contributed by atoms with Gasteiger partial charge in [-0.25, -0.2) is 0 Å². The van der Waals surface area contributed by atoms with Crippen LogP contribution in [0.2, 0.25) is 0 Å². The van der Waals surface area contributed by atoms with Crippen molar-refractivity contribution in [2.75, 3.05) is 19.9 Å². The number of carbonyl (C=O) groups excluding carboxylic acids is 1. The number of nitrogens with zero attached hydrogens (tertiary/aromatic N) is 3. The molecular formula is C7H13N3O5. The van der Waals surface area contributed by atoms with E-state index in [9.17, 15) is 4.79 Å². The molecule has 2 atom stereocenters. The van der Waals surface area contributed by atoms with Crippen molar-refractivity contribution in [1.82, 2.24) is 0 Å². The molecule has 0 aliphatic heterocycles. The SMILES string of the molecule is [N-]=[N+]=NCOCCC(=O)C(O)C(O)CO. The van der Waals surface area contributed by atoms with Crippen LogP contribution in [0.5, 0.6) is 0 Å². The van der Waals surface area contributed by atoms with Crippen molar-refractivity contribution in [2.24, 2.45) is 5.11 Å². The van der Waals surface area contributed by atoms with Crippen molar-refractivity contribution in [3.05, 3.63) is 10.4 Å². The molecule has 86 valence electrons. The third-order valence-corrected chi connectivity index (χ3v) is 1.59. The number of ketones is 1. The summed E-state index contributed by atoms with van der Waals surface area (Å²) in [5.74, 6) is -0.641. The predicted molar refractivity (Wildman–Crippen MR) is 48.7 cm³/mol. The summed E-state index contributed by atoms with van der Waals surface area (Å²) in [5, 5.41) is 29.5. The van der Waals surface area contributed by atoms with Gasteiger partial charge < -0.3 is 20.1 Å². The molecule has 0 bridgehead atoms. The quantitative estimate of drug-likeness (QED) is 0.207. The average molecular weight is 219 g/mol. The zero-order chi connectivity index (χ0) is 11.7. The van der Waals surface area contributed by atoms with Gasteiger partial charge in [0.15, 0.2) is 5.78 Å². The van der Waals surface area contributed by atoms with Crippen LogP contribution < -0.4 is 0 Å². The van der Waals surface area contributed by atoms with Gasteiger partial charge in [-0.3, -0.25) is 4.79 Å². The maximum absolute atomic E-state index is 11.1. The molecule has 8 nitrogen and oxygen atoms in total. The van der Waals surface area contributed by atoms with Crippen molar-refractivity contribution in [2.45, 2.75) is 18.6 Å². The lowest BCUT2D eigenvalue weighted by molar-refractivity contribution is -0.135. The minimum Gasteiger partial charge on any atom is -0.394 e. The van der Waals surface area contributed by atoms with Gasteiger partial charge in [-0.2, -0.15) is 0 Å². The van der Waals surface area contributed by atoms with Crippen molar-refractivity contribution in [3.8, 4) is 0 Å². The van der Waals surface area contributed by atoms with E-state index in [4.69, 9.17) is 25.6 Å². The van der Waals surface area contributed by atoms with Gasteiger partial charge in [0.2, 0.25) is 0 Å². The molecule has 0 aliphatic carbocycles. The Labute approximate surface area is 85.7 Å². The molecule has 0 aromatic carbocycles. The third-order valence-electron chi connectivity index (χ3n) is 1.59. The van der Waals surface area contributed by atoms with E-state index in [1.54, 1.807) is 0 Å². The van der Waals surface area contributed by atoms with Gasteiger partial charge in [0.1, 0.15) is 18.9 Å². The highest BCUT2D eigenvalue weighted by atomic mass is 16.5. The fourth-order valence-electron chi connectivity index (χ4n) is 0.766.